The number of nitrogens with one attached hydrogen (secondary N) is 1. The molecular weight excluding hydrogens is 970 g/mol. The maximum Gasteiger partial charge on any atom is 0.404 e. The number of hydrogen-bond acceptors (Lipinski definition) is 13. The predicted octanol–water partition coefficient (Wildman–Crippen LogP) is 6.17. The molecule has 4 aromatic carbocycles. The molecule has 1 heterocycles. The molecule has 0 aliphatic heterocycles. The number of halogens is 1. The van der Waals surface area contributed by atoms with Crippen LogP contribution in [0.5, 0.6) is 17.2 Å². The van der Waals surface area contributed by atoms with Gasteiger partial charge in [0.15, 0.2) is 8.32 Å². The van der Waals surface area contributed by atoms with Crippen LogP contribution in [0.4, 0.5) is 4.79 Å². The second-order valence-corrected chi connectivity index (χ2v) is 25.2. The lowest BCUT2D eigenvalue weighted by Crippen LogP contribution is -2.48. The number of aromatic nitrogens is 4. The Morgan fingerprint density at radius 3 is 1.79 bits per heavy atom. The van der Waals surface area contributed by atoms with Crippen molar-refractivity contribution in [1.29, 1.82) is 0 Å². The smallest absolute Gasteiger partial charge is 0.404 e. The first kappa shape index (κ1) is 48.4. The average molecular weight is 1020 g/mol. The van der Waals surface area contributed by atoms with Crippen molar-refractivity contribution in [2.45, 2.75) is 74.4 Å². The monoisotopic (exact) mass is 1020 g/mol. The van der Waals surface area contributed by atoms with Gasteiger partial charge in [0, 0.05) is 23.2 Å². The molecule has 0 aliphatic rings. The van der Waals surface area contributed by atoms with Gasteiger partial charge < -0.3 is 29.1 Å². The van der Waals surface area contributed by atoms with Crippen LogP contribution in [0.25, 0.3) is 11.4 Å². The molecular formula is C41H52IN7O10S2Si. The van der Waals surface area contributed by atoms with Gasteiger partial charge in [0.1, 0.15) is 33.6 Å². The van der Waals surface area contributed by atoms with Crippen molar-refractivity contribution < 1.29 is 45.0 Å². The highest BCUT2D eigenvalue weighted by molar-refractivity contribution is 14.1. The summed E-state index contributed by atoms with van der Waals surface area (Å²) in [6.07, 6.45) is -2.03. The minimum Gasteiger partial charge on any atom is -0.497 e. The van der Waals surface area contributed by atoms with Gasteiger partial charge in [0.05, 0.1) is 39.5 Å². The minimum atomic E-state index is -4.80. The molecule has 0 bridgehead atoms. The number of carbonyl (C=O) groups is 1. The van der Waals surface area contributed by atoms with Gasteiger partial charge >= 0.3 is 6.09 Å². The van der Waals surface area contributed by atoms with E-state index < -0.39 is 50.4 Å². The van der Waals surface area contributed by atoms with E-state index >= 15 is 8.42 Å². The first-order chi connectivity index (χ1) is 29.2. The van der Waals surface area contributed by atoms with E-state index in [2.05, 4.69) is 20.1 Å². The normalized spacial score (nSPS) is 12.9. The fraction of sp³-hybridized carbons (Fsp3) is 0.366. The summed E-state index contributed by atoms with van der Waals surface area (Å²) in [7, 11) is -7.47. The van der Waals surface area contributed by atoms with Crippen molar-refractivity contribution in [3.63, 3.8) is 0 Å². The molecule has 1 unspecified atom stereocenters. The van der Waals surface area contributed by atoms with Crippen molar-refractivity contribution >= 4 is 57.0 Å². The number of nitrogens with zero attached hydrogens (tertiary/aromatic N) is 5. The van der Waals surface area contributed by atoms with Crippen molar-refractivity contribution in [3.05, 3.63) is 105 Å². The molecule has 5 rings (SSSR count). The highest BCUT2D eigenvalue weighted by Crippen LogP contribution is 2.39. The van der Waals surface area contributed by atoms with Crippen LogP contribution in [0.3, 0.4) is 0 Å². The highest BCUT2D eigenvalue weighted by Gasteiger charge is 2.41. The largest absolute Gasteiger partial charge is 0.497 e. The number of amides is 1. The first-order valence-electron chi connectivity index (χ1n) is 19.3. The molecule has 0 spiro atoms. The maximum atomic E-state index is 15.6. The van der Waals surface area contributed by atoms with E-state index in [1.54, 1.807) is 67.8 Å². The average Bonchev–Trinajstić information content (AvgIpc) is 3.69. The summed E-state index contributed by atoms with van der Waals surface area (Å²) in [4.78, 5) is 11.8. The van der Waals surface area contributed by atoms with Crippen molar-refractivity contribution in [3.8, 4) is 28.6 Å². The molecule has 3 N–H and O–H groups in total. The van der Waals surface area contributed by atoms with Crippen LogP contribution >= 0.6 is 22.6 Å². The molecule has 0 fully saturated rings. The molecule has 62 heavy (non-hydrogen) atoms. The van der Waals surface area contributed by atoms with Gasteiger partial charge in [-0.1, -0.05) is 57.2 Å². The second kappa shape index (κ2) is 20.2. The number of benzene rings is 4. The molecule has 1 aromatic heterocycles. The summed E-state index contributed by atoms with van der Waals surface area (Å²) in [6.45, 7) is 9.03. The lowest BCUT2D eigenvalue weighted by molar-refractivity contribution is 0.0816. The zero-order valence-electron chi connectivity index (χ0n) is 35.8. The Morgan fingerprint density at radius 2 is 1.32 bits per heavy atom. The van der Waals surface area contributed by atoms with E-state index in [0.29, 0.717) is 31.9 Å². The first-order valence-corrected chi connectivity index (χ1v) is 26.2. The number of rotatable bonds is 20. The van der Waals surface area contributed by atoms with Crippen LogP contribution in [0.2, 0.25) is 18.1 Å². The minimum absolute atomic E-state index is 0.0740. The van der Waals surface area contributed by atoms with Crippen LogP contribution in [0.1, 0.15) is 37.5 Å². The van der Waals surface area contributed by atoms with E-state index in [1.165, 1.54) is 35.5 Å². The number of tetrazole rings is 1. The second-order valence-electron chi connectivity index (χ2n) is 15.7. The van der Waals surface area contributed by atoms with Crippen LogP contribution in [-0.4, -0.2) is 96.3 Å². The standard InChI is InChI=1S/C41H52IN7O10S2Si/c1-41(2,3)62(7,8)59-34(27-58-40(43)50)23-44-60(51,52)36-22-21-35(42)37(39-45-47-49(46-39)26-30-13-19-33(57-6)20-14-30)38(36)61(53,54)48(24-28-9-15-31(55-4)16-10-28)25-29-11-17-32(56-5)18-12-29/h9-22,34,44H,23-27H2,1-8H3,(H2,43,50). The van der Waals surface area contributed by atoms with E-state index in [4.69, 9.17) is 29.1 Å². The lowest BCUT2D eigenvalue weighted by atomic mass is 10.2. The summed E-state index contributed by atoms with van der Waals surface area (Å²) in [5, 5.41) is 12.8. The topological polar surface area (TPSA) is 216 Å². The fourth-order valence-corrected chi connectivity index (χ4v) is 11.6. The molecule has 1 amide bonds. The van der Waals surface area contributed by atoms with Gasteiger partial charge in [-0.05, 0) is 111 Å². The molecule has 1 atom stereocenters. The van der Waals surface area contributed by atoms with Gasteiger partial charge in [-0.25, -0.2) is 26.4 Å². The summed E-state index contributed by atoms with van der Waals surface area (Å²) >= 11 is 1.94. The van der Waals surface area contributed by atoms with E-state index in [9.17, 15) is 13.2 Å². The molecule has 0 aliphatic carbocycles. The quantitative estimate of drug-likeness (QED) is 0.0660. The Bertz CT molecular complexity index is 2490. The van der Waals surface area contributed by atoms with E-state index in [1.807, 2.05) is 68.6 Å². The van der Waals surface area contributed by atoms with Crippen molar-refractivity contribution in [1.82, 2.24) is 29.2 Å². The lowest BCUT2D eigenvalue weighted by Gasteiger charge is -2.39. The van der Waals surface area contributed by atoms with Crippen LogP contribution in [-0.2, 0) is 48.8 Å². The Hall–Kier alpha value is -4.65. The molecule has 0 saturated carbocycles. The maximum absolute atomic E-state index is 15.6. The number of ether oxygens (including phenoxy) is 4. The zero-order valence-corrected chi connectivity index (χ0v) is 40.6. The van der Waals surface area contributed by atoms with Crippen LogP contribution in [0.15, 0.2) is 94.7 Å². The van der Waals surface area contributed by atoms with E-state index in [0.717, 1.165) is 5.56 Å². The number of methoxy groups -OCH3 is 3. The molecule has 21 heteroatoms. The number of primary amides is 1. The number of nitrogens with two attached hydrogens (primary N) is 1. The Morgan fingerprint density at radius 1 is 0.823 bits per heavy atom. The fourth-order valence-electron chi connectivity index (χ4n) is 5.93. The third-order valence-corrected chi connectivity index (χ3v) is 19.2. The molecule has 0 saturated heterocycles. The van der Waals surface area contributed by atoms with Gasteiger partial charge in [-0.2, -0.15) is 9.10 Å². The third kappa shape index (κ3) is 12.1. The van der Waals surface area contributed by atoms with Crippen molar-refractivity contribution in [2.75, 3.05) is 34.5 Å². The summed E-state index contributed by atoms with van der Waals surface area (Å²) in [5.74, 6) is 1.67. The van der Waals surface area contributed by atoms with E-state index in [-0.39, 0.29) is 49.2 Å². The van der Waals surface area contributed by atoms with Gasteiger partial charge in [0.25, 0.3) is 0 Å². The van der Waals surface area contributed by atoms with Crippen molar-refractivity contribution in [2.24, 2.45) is 5.73 Å². The third-order valence-electron chi connectivity index (χ3n) is 10.3. The number of hydrogen-bond donors (Lipinski definition) is 2. The Balaban J connectivity index is 1.67. The highest BCUT2D eigenvalue weighted by atomic mass is 127. The van der Waals surface area contributed by atoms with Gasteiger partial charge in [0.2, 0.25) is 25.9 Å². The molecule has 17 nitrogen and oxygen atoms in total. The Labute approximate surface area is 377 Å². The predicted molar refractivity (Wildman–Crippen MR) is 243 cm³/mol. The van der Waals surface area contributed by atoms with Gasteiger partial charge in [-0.15, -0.1) is 10.2 Å². The number of sulfonamides is 2. The number of carbonyl (C=O) groups excluding carboxylic acids is 1. The van der Waals surface area contributed by atoms with Crippen LogP contribution in [0, 0.1) is 3.57 Å². The summed E-state index contributed by atoms with van der Waals surface area (Å²) in [6, 6.07) is 23.7. The molecule has 334 valence electrons. The molecule has 5 aromatic rings. The summed E-state index contributed by atoms with van der Waals surface area (Å²) in [5.41, 5.74) is 7.22. The van der Waals surface area contributed by atoms with Gasteiger partial charge in [-0.3, -0.25) is 0 Å². The zero-order chi connectivity index (χ0) is 45.5. The Kier molecular flexibility index (Phi) is 15.8. The summed E-state index contributed by atoms with van der Waals surface area (Å²) < 4.78 is 92.1. The molecule has 0 radical (unpaired) electrons. The SMILES string of the molecule is COc1ccc(CN(Cc2ccc(OC)cc2)S(=O)(=O)c2c(S(=O)(=O)NCC(COC(N)=O)O[Si](C)(C)C(C)(C)C)ccc(I)c2-c2nnn(Cc3ccc(OC)cc3)n2)cc1. The van der Waals surface area contributed by atoms with Crippen LogP contribution < -0.4 is 24.7 Å².